The third-order valence-corrected chi connectivity index (χ3v) is 4.68. The van der Waals surface area contributed by atoms with E-state index in [4.69, 9.17) is 11.6 Å². The van der Waals surface area contributed by atoms with Crippen molar-refractivity contribution >= 4 is 22.8 Å². The summed E-state index contributed by atoms with van der Waals surface area (Å²) in [5.74, 6) is -2.41. The fourth-order valence-electron chi connectivity index (χ4n) is 2.95. The van der Waals surface area contributed by atoms with Crippen LogP contribution in [0.3, 0.4) is 0 Å². The lowest BCUT2D eigenvalue weighted by molar-refractivity contribution is 0.507. The van der Waals surface area contributed by atoms with E-state index in [1.165, 1.54) is 24.5 Å². The molecule has 2 aromatic heterocycles. The van der Waals surface area contributed by atoms with Gasteiger partial charge in [-0.15, -0.1) is 0 Å². The molecule has 2 heterocycles. The number of hydrogen-bond donors (Lipinski definition) is 0. The Labute approximate surface area is 161 Å². The first-order valence-electron chi connectivity index (χ1n) is 8.17. The van der Waals surface area contributed by atoms with Gasteiger partial charge in [0.1, 0.15) is 11.6 Å². The maximum absolute atomic E-state index is 13.8. The van der Waals surface area contributed by atoms with E-state index in [2.05, 4.69) is 9.97 Å². The lowest BCUT2D eigenvalue weighted by Crippen LogP contribution is -2.25. The third-order valence-electron chi connectivity index (χ3n) is 4.33. The highest BCUT2D eigenvalue weighted by molar-refractivity contribution is 6.31. The lowest BCUT2D eigenvalue weighted by atomic mass is 10.1. The molecule has 0 saturated heterocycles. The zero-order valence-electron chi connectivity index (χ0n) is 14.5. The number of halogens is 4. The van der Waals surface area contributed by atoms with Crippen molar-refractivity contribution in [2.75, 3.05) is 0 Å². The molecule has 0 bridgehead atoms. The van der Waals surface area contributed by atoms with Gasteiger partial charge in [0.05, 0.1) is 12.0 Å². The second-order valence-electron chi connectivity index (χ2n) is 6.21. The van der Waals surface area contributed by atoms with Crippen molar-refractivity contribution in [3.05, 3.63) is 86.9 Å². The van der Waals surface area contributed by atoms with Gasteiger partial charge in [0, 0.05) is 24.6 Å². The van der Waals surface area contributed by atoms with E-state index >= 15 is 0 Å². The van der Waals surface area contributed by atoms with Crippen LogP contribution in [-0.4, -0.2) is 19.1 Å². The van der Waals surface area contributed by atoms with Crippen LogP contribution < -0.4 is 5.56 Å². The van der Waals surface area contributed by atoms with Crippen molar-refractivity contribution < 1.29 is 13.2 Å². The van der Waals surface area contributed by atoms with Crippen molar-refractivity contribution in [2.24, 2.45) is 7.05 Å². The van der Waals surface area contributed by atoms with Crippen molar-refractivity contribution in [3.8, 4) is 5.69 Å². The second-order valence-corrected chi connectivity index (χ2v) is 6.61. The van der Waals surface area contributed by atoms with Gasteiger partial charge in [-0.25, -0.2) is 23.1 Å². The molecule has 0 saturated carbocycles. The van der Waals surface area contributed by atoms with Gasteiger partial charge in [-0.2, -0.15) is 0 Å². The molecular formula is C19H12ClF3N4O. The van der Waals surface area contributed by atoms with Gasteiger partial charge in [-0.1, -0.05) is 17.7 Å². The van der Waals surface area contributed by atoms with Gasteiger partial charge in [0.15, 0.2) is 22.8 Å². The maximum atomic E-state index is 13.8. The first-order chi connectivity index (χ1) is 13.3. The molecule has 28 heavy (non-hydrogen) atoms. The monoisotopic (exact) mass is 404 g/mol. The van der Waals surface area contributed by atoms with Gasteiger partial charge in [0.25, 0.3) is 5.56 Å². The van der Waals surface area contributed by atoms with E-state index in [1.54, 1.807) is 11.6 Å². The number of aryl methyl sites for hydroxylation is 1. The highest BCUT2D eigenvalue weighted by Gasteiger charge is 2.18. The summed E-state index contributed by atoms with van der Waals surface area (Å²) in [6.45, 7) is 0. The molecule has 4 aromatic rings. The number of fused-ring (bicyclic) bond motifs is 1. The summed E-state index contributed by atoms with van der Waals surface area (Å²) in [5, 5.41) is 0.163. The highest BCUT2D eigenvalue weighted by Crippen LogP contribution is 2.22. The molecule has 0 aliphatic rings. The first kappa shape index (κ1) is 18.2. The molecule has 0 aliphatic carbocycles. The van der Waals surface area contributed by atoms with Crippen molar-refractivity contribution in [2.45, 2.75) is 6.42 Å². The number of benzene rings is 2. The summed E-state index contributed by atoms with van der Waals surface area (Å²) >= 11 is 6.11. The van der Waals surface area contributed by atoms with E-state index in [0.717, 1.165) is 22.8 Å². The Balaban J connectivity index is 1.98. The van der Waals surface area contributed by atoms with E-state index in [0.29, 0.717) is 11.2 Å². The molecule has 0 aliphatic heterocycles. The Bertz CT molecular complexity index is 1280. The van der Waals surface area contributed by atoms with Crippen LogP contribution in [0.25, 0.3) is 16.9 Å². The van der Waals surface area contributed by atoms with Crippen molar-refractivity contribution in [1.82, 2.24) is 19.1 Å². The van der Waals surface area contributed by atoms with Crippen molar-refractivity contribution in [1.29, 1.82) is 0 Å². The minimum Gasteiger partial charge on any atom is -0.318 e. The Morgan fingerprint density at radius 2 is 1.86 bits per heavy atom. The molecule has 4 rings (SSSR count). The first-order valence-corrected chi connectivity index (χ1v) is 8.55. The molecule has 5 nitrogen and oxygen atoms in total. The van der Waals surface area contributed by atoms with Crippen LogP contribution in [0.5, 0.6) is 0 Å². The van der Waals surface area contributed by atoms with Crippen LogP contribution in [-0.2, 0) is 13.5 Å². The smallest absolute Gasteiger partial charge is 0.286 e. The van der Waals surface area contributed by atoms with E-state index in [9.17, 15) is 18.0 Å². The van der Waals surface area contributed by atoms with Crippen LogP contribution in [0.4, 0.5) is 13.2 Å². The number of aromatic nitrogens is 4. The zero-order chi connectivity index (χ0) is 20.0. The van der Waals surface area contributed by atoms with E-state index < -0.39 is 23.0 Å². The molecule has 0 radical (unpaired) electrons. The van der Waals surface area contributed by atoms with E-state index in [-0.39, 0.29) is 28.5 Å². The van der Waals surface area contributed by atoms with Gasteiger partial charge < -0.3 is 4.57 Å². The molecule has 142 valence electrons. The molecule has 0 spiro atoms. The highest BCUT2D eigenvalue weighted by atomic mass is 35.5. The Morgan fingerprint density at radius 1 is 1.07 bits per heavy atom. The van der Waals surface area contributed by atoms with Crippen LogP contribution >= 0.6 is 11.6 Å². The average molecular weight is 405 g/mol. The lowest BCUT2D eigenvalue weighted by Gasteiger charge is -2.14. The molecule has 0 atom stereocenters. The zero-order valence-corrected chi connectivity index (χ0v) is 15.2. The summed E-state index contributed by atoms with van der Waals surface area (Å²) in [4.78, 5) is 21.5. The topological polar surface area (TPSA) is 52.7 Å². The van der Waals surface area contributed by atoms with E-state index in [1.807, 2.05) is 0 Å². The predicted octanol–water partition coefficient (Wildman–Crippen LogP) is 3.78. The third kappa shape index (κ3) is 3.05. The maximum Gasteiger partial charge on any atom is 0.286 e. The summed E-state index contributed by atoms with van der Waals surface area (Å²) in [6, 6.07) is 6.97. The molecular weight excluding hydrogens is 393 g/mol. The number of imidazole rings is 1. The van der Waals surface area contributed by atoms with Crippen LogP contribution in [0.1, 0.15) is 11.4 Å². The quantitative estimate of drug-likeness (QED) is 0.522. The summed E-state index contributed by atoms with van der Waals surface area (Å²) < 4.78 is 43.2. The molecule has 0 fully saturated rings. The largest absolute Gasteiger partial charge is 0.318 e. The van der Waals surface area contributed by atoms with Crippen molar-refractivity contribution in [3.63, 3.8) is 0 Å². The molecule has 0 N–H and O–H groups in total. The molecule has 0 unspecified atom stereocenters. The molecule has 9 heteroatoms. The summed E-state index contributed by atoms with van der Waals surface area (Å²) in [7, 11) is 1.68. The number of nitrogens with zero attached hydrogens (tertiary/aromatic N) is 4. The summed E-state index contributed by atoms with van der Waals surface area (Å²) in [6.07, 6.45) is 1.50. The molecule has 2 aromatic carbocycles. The van der Waals surface area contributed by atoms with Crippen LogP contribution in [0.15, 0.2) is 47.5 Å². The second kappa shape index (κ2) is 6.79. The van der Waals surface area contributed by atoms with Gasteiger partial charge >= 0.3 is 0 Å². The van der Waals surface area contributed by atoms with Gasteiger partial charge in [-0.05, 0) is 29.8 Å². The van der Waals surface area contributed by atoms with Gasteiger partial charge in [0.2, 0.25) is 0 Å². The Kier molecular flexibility index (Phi) is 4.43. The average Bonchev–Trinajstić information content (AvgIpc) is 3.02. The fourth-order valence-corrected chi connectivity index (χ4v) is 3.18. The van der Waals surface area contributed by atoms with Crippen LogP contribution in [0.2, 0.25) is 5.02 Å². The Hall–Kier alpha value is -3.13. The predicted molar refractivity (Wildman–Crippen MR) is 98.2 cm³/mol. The summed E-state index contributed by atoms with van der Waals surface area (Å²) in [5.41, 5.74) is 0.494. The van der Waals surface area contributed by atoms with Gasteiger partial charge in [-0.3, -0.25) is 9.36 Å². The SMILES string of the molecule is Cn1cnc2c(=O)n(-c3ccc(F)c(F)c3)c(Cc3ccc(F)cc3Cl)nc21. The number of rotatable bonds is 3. The fraction of sp³-hybridized carbons (Fsp3) is 0.105. The standard InChI is InChI=1S/C19H12ClF3N4O/c1-26-9-24-17-18(26)25-16(6-10-2-3-11(21)7-13(10)20)27(19(17)28)12-4-5-14(22)15(23)8-12/h2-5,7-9H,6H2,1H3. The minimum atomic E-state index is -1.10. The normalized spacial score (nSPS) is 11.3. The minimum absolute atomic E-state index is 0.0640. The van der Waals surface area contributed by atoms with Crippen LogP contribution in [0, 0.1) is 17.5 Å². The Morgan fingerprint density at radius 3 is 2.57 bits per heavy atom. The molecule has 0 amide bonds. The number of hydrogen-bond acceptors (Lipinski definition) is 3.